The summed E-state index contributed by atoms with van der Waals surface area (Å²) in [5.41, 5.74) is 2.34. The van der Waals surface area contributed by atoms with Crippen LogP contribution in [0.25, 0.3) is 10.9 Å². The molecule has 0 saturated carbocycles. The Balaban J connectivity index is 1.61. The number of nitrogens with zero attached hydrogens (tertiary/aromatic N) is 5. The van der Waals surface area contributed by atoms with E-state index in [4.69, 9.17) is 0 Å². The van der Waals surface area contributed by atoms with Crippen molar-refractivity contribution in [3.05, 3.63) is 53.9 Å². The highest BCUT2D eigenvalue weighted by atomic mass is 19.1. The molecule has 5 nitrogen and oxygen atoms in total. The smallest absolute Gasteiger partial charge is 0.149 e. The Morgan fingerprint density at radius 1 is 0.960 bits per heavy atom. The van der Waals surface area contributed by atoms with Crippen molar-refractivity contribution in [3.8, 4) is 0 Å². The van der Waals surface area contributed by atoms with Gasteiger partial charge in [0.05, 0.1) is 0 Å². The minimum atomic E-state index is -0.266. The molecule has 0 radical (unpaired) electrons. The summed E-state index contributed by atoms with van der Waals surface area (Å²) < 4.78 is 14.1. The second kappa shape index (κ2) is 6.27. The van der Waals surface area contributed by atoms with Crippen molar-refractivity contribution in [3.63, 3.8) is 0 Å². The lowest BCUT2D eigenvalue weighted by Crippen LogP contribution is -2.47. The van der Waals surface area contributed by atoms with Gasteiger partial charge in [-0.2, -0.15) is 0 Å². The van der Waals surface area contributed by atoms with Crippen LogP contribution in [0.5, 0.6) is 0 Å². The molecule has 0 atom stereocenters. The van der Waals surface area contributed by atoms with Gasteiger partial charge in [-0.05, 0) is 32.0 Å². The van der Waals surface area contributed by atoms with Gasteiger partial charge < -0.3 is 9.80 Å². The Hall–Kier alpha value is -2.76. The van der Waals surface area contributed by atoms with Crippen molar-refractivity contribution >= 4 is 22.4 Å². The zero-order valence-corrected chi connectivity index (χ0v) is 14.4. The van der Waals surface area contributed by atoms with Crippen molar-refractivity contribution in [2.45, 2.75) is 13.8 Å². The number of hydrogen-bond acceptors (Lipinski definition) is 5. The summed E-state index contributed by atoms with van der Waals surface area (Å²) in [6.45, 7) is 7.27. The molecule has 1 saturated heterocycles. The largest absolute Gasteiger partial charge is 0.367 e. The number of piperazine rings is 1. The molecule has 1 aromatic carbocycles. The molecule has 4 rings (SSSR count). The van der Waals surface area contributed by atoms with Crippen LogP contribution in [-0.2, 0) is 0 Å². The zero-order chi connectivity index (χ0) is 17.4. The standard InChI is InChI=1S/C19H20FN5/c1-13-12-17(15-4-3-5-16(20)19(15)22-13)24-8-10-25(11-9-24)18-6-7-21-14(2)23-18/h3-7,12H,8-11H2,1-2H3. The van der Waals surface area contributed by atoms with Crippen molar-refractivity contribution in [1.82, 2.24) is 15.0 Å². The second-order valence-corrected chi connectivity index (χ2v) is 6.35. The van der Waals surface area contributed by atoms with E-state index in [1.165, 1.54) is 6.07 Å². The highest BCUT2D eigenvalue weighted by Gasteiger charge is 2.21. The summed E-state index contributed by atoms with van der Waals surface area (Å²) >= 11 is 0. The number of benzene rings is 1. The van der Waals surface area contributed by atoms with E-state index in [2.05, 4.69) is 24.8 Å². The van der Waals surface area contributed by atoms with Gasteiger partial charge in [0.25, 0.3) is 0 Å². The Bertz CT molecular complexity index is 919. The summed E-state index contributed by atoms with van der Waals surface area (Å²) in [5, 5.41) is 0.872. The maximum atomic E-state index is 14.1. The Kier molecular flexibility index (Phi) is 3.95. The van der Waals surface area contributed by atoms with Gasteiger partial charge >= 0.3 is 0 Å². The van der Waals surface area contributed by atoms with E-state index in [1.54, 1.807) is 12.3 Å². The van der Waals surface area contributed by atoms with E-state index in [9.17, 15) is 4.39 Å². The predicted molar refractivity (Wildman–Crippen MR) is 97.6 cm³/mol. The van der Waals surface area contributed by atoms with E-state index in [0.717, 1.165) is 54.6 Å². The second-order valence-electron chi connectivity index (χ2n) is 6.35. The first-order chi connectivity index (χ1) is 12.1. The molecule has 1 aliphatic heterocycles. The molecule has 3 aromatic rings. The van der Waals surface area contributed by atoms with Crippen LogP contribution in [0.1, 0.15) is 11.5 Å². The number of fused-ring (bicyclic) bond motifs is 1. The van der Waals surface area contributed by atoms with Gasteiger partial charge in [-0.1, -0.05) is 12.1 Å². The van der Waals surface area contributed by atoms with Gasteiger partial charge in [-0.3, -0.25) is 0 Å². The third kappa shape index (κ3) is 2.99. The molecule has 1 fully saturated rings. The average Bonchev–Trinajstić information content (AvgIpc) is 2.62. The van der Waals surface area contributed by atoms with Crippen LogP contribution in [0.3, 0.4) is 0 Å². The summed E-state index contributed by atoms with van der Waals surface area (Å²) in [6, 6.07) is 9.16. The van der Waals surface area contributed by atoms with E-state index in [0.29, 0.717) is 5.52 Å². The summed E-state index contributed by atoms with van der Waals surface area (Å²) in [6.07, 6.45) is 1.80. The molecule has 25 heavy (non-hydrogen) atoms. The molecular formula is C19H20FN5. The molecular weight excluding hydrogens is 317 g/mol. The minimum absolute atomic E-state index is 0.266. The average molecular weight is 337 g/mol. The van der Waals surface area contributed by atoms with Crippen LogP contribution in [0.4, 0.5) is 15.9 Å². The van der Waals surface area contributed by atoms with Crippen LogP contribution in [0, 0.1) is 19.7 Å². The van der Waals surface area contributed by atoms with E-state index >= 15 is 0 Å². The fourth-order valence-corrected chi connectivity index (χ4v) is 3.38. The molecule has 0 unspecified atom stereocenters. The van der Waals surface area contributed by atoms with Crippen LogP contribution in [-0.4, -0.2) is 41.1 Å². The fraction of sp³-hybridized carbons (Fsp3) is 0.316. The molecule has 6 heteroatoms. The highest BCUT2D eigenvalue weighted by Crippen LogP contribution is 2.29. The number of aryl methyl sites for hydroxylation is 2. The lowest BCUT2D eigenvalue weighted by atomic mass is 10.1. The Morgan fingerprint density at radius 2 is 1.72 bits per heavy atom. The topological polar surface area (TPSA) is 45.2 Å². The van der Waals surface area contributed by atoms with Gasteiger partial charge in [-0.15, -0.1) is 0 Å². The molecule has 0 aliphatic carbocycles. The normalized spacial score (nSPS) is 15.0. The van der Waals surface area contributed by atoms with Crippen LogP contribution in [0.15, 0.2) is 36.5 Å². The van der Waals surface area contributed by atoms with Crippen molar-refractivity contribution in [1.29, 1.82) is 0 Å². The molecule has 0 bridgehead atoms. The first-order valence-electron chi connectivity index (χ1n) is 8.47. The minimum Gasteiger partial charge on any atom is -0.367 e. The number of rotatable bonds is 2. The first kappa shape index (κ1) is 15.7. The number of anilines is 2. The molecule has 2 aromatic heterocycles. The van der Waals surface area contributed by atoms with Gasteiger partial charge in [-0.25, -0.2) is 19.3 Å². The SMILES string of the molecule is Cc1cc(N2CCN(c3ccnc(C)n3)CC2)c2cccc(F)c2n1. The fourth-order valence-electron chi connectivity index (χ4n) is 3.38. The Labute approximate surface area is 146 Å². The summed E-state index contributed by atoms with van der Waals surface area (Å²) in [7, 11) is 0. The predicted octanol–water partition coefficient (Wildman–Crippen LogP) is 3.11. The third-order valence-corrected chi connectivity index (χ3v) is 4.60. The first-order valence-corrected chi connectivity index (χ1v) is 8.47. The van der Waals surface area contributed by atoms with E-state index in [1.807, 2.05) is 32.0 Å². The van der Waals surface area contributed by atoms with Crippen molar-refractivity contribution in [2.75, 3.05) is 36.0 Å². The number of para-hydroxylation sites is 1. The summed E-state index contributed by atoms with van der Waals surface area (Å²) in [4.78, 5) is 17.6. The van der Waals surface area contributed by atoms with E-state index < -0.39 is 0 Å². The molecule has 1 aliphatic rings. The monoisotopic (exact) mass is 337 g/mol. The van der Waals surface area contributed by atoms with Crippen molar-refractivity contribution < 1.29 is 4.39 Å². The van der Waals surface area contributed by atoms with Gasteiger partial charge in [0.2, 0.25) is 0 Å². The molecule has 0 spiro atoms. The van der Waals surface area contributed by atoms with Crippen LogP contribution in [0.2, 0.25) is 0 Å². The molecule has 128 valence electrons. The maximum absolute atomic E-state index is 14.1. The lowest BCUT2D eigenvalue weighted by Gasteiger charge is -2.37. The number of aromatic nitrogens is 3. The Morgan fingerprint density at radius 3 is 2.48 bits per heavy atom. The highest BCUT2D eigenvalue weighted by molar-refractivity contribution is 5.92. The molecule has 0 N–H and O–H groups in total. The summed E-state index contributed by atoms with van der Waals surface area (Å²) in [5.74, 6) is 1.48. The van der Waals surface area contributed by atoms with Gasteiger partial charge in [0.1, 0.15) is 23.0 Å². The quantitative estimate of drug-likeness (QED) is 0.719. The zero-order valence-electron chi connectivity index (χ0n) is 14.4. The number of halogens is 1. The molecule has 0 amide bonds. The lowest BCUT2D eigenvalue weighted by molar-refractivity contribution is 0.635. The van der Waals surface area contributed by atoms with E-state index in [-0.39, 0.29) is 5.82 Å². The molecule has 3 heterocycles. The van der Waals surface area contributed by atoms with Gasteiger partial charge in [0.15, 0.2) is 0 Å². The number of hydrogen-bond donors (Lipinski definition) is 0. The maximum Gasteiger partial charge on any atom is 0.149 e. The van der Waals surface area contributed by atoms with Crippen molar-refractivity contribution in [2.24, 2.45) is 0 Å². The van der Waals surface area contributed by atoms with Gasteiger partial charge in [0, 0.05) is 49.1 Å². The number of pyridine rings is 1. The third-order valence-electron chi connectivity index (χ3n) is 4.60. The van der Waals surface area contributed by atoms with Crippen LogP contribution < -0.4 is 9.80 Å². The van der Waals surface area contributed by atoms with Crippen LogP contribution >= 0.6 is 0 Å².